The number of alkyl halides is 3. The van der Waals surface area contributed by atoms with Crippen LogP contribution in [0.1, 0.15) is 43.3 Å². The average Bonchev–Trinajstić information content (AvgIpc) is 3.14. The predicted octanol–water partition coefficient (Wildman–Crippen LogP) is 3.18. The van der Waals surface area contributed by atoms with Crippen molar-refractivity contribution >= 4 is 41.3 Å². The van der Waals surface area contributed by atoms with Crippen LogP contribution in [0, 0.1) is 0 Å². The van der Waals surface area contributed by atoms with Crippen LogP contribution in [0.2, 0.25) is 0 Å². The topological polar surface area (TPSA) is 69.5 Å². The molecule has 10 heteroatoms. The molecular formula is C15H24F3IN4OS. The fraction of sp³-hybridized carbons (Fsp3) is 0.733. The van der Waals surface area contributed by atoms with Gasteiger partial charge in [0.05, 0.1) is 17.2 Å². The van der Waals surface area contributed by atoms with Crippen molar-refractivity contribution in [2.45, 2.75) is 50.8 Å². The molecule has 5 nitrogen and oxygen atoms in total. The van der Waals surface area contributed by atoms with Crippen molar-refractivity contribution in [2.24, 2.45) is 4.99 Å². The average molecular weight is 492 g/mol. The van der Waals surface area contributed by atoms with Crippen molar-refractivity contribution in [3.05, 3.63) is 16.1 Å². The number of hydrogen-bond donors (Lipinski definition) is 3. The van der Waals surface area contributed by atoms with E-state index in [2.05, 4.69) is 20.6 Å². The molecular weight excluding hydrogens is 468 g/mol. The summed E-state index contributed by atoms with van der Waals surface area (Å²) < 4.78 is 37.5. The Labute approximate surface area is 166 Å². The highest BCUT2D eigenvalue weighted by Crippen LogP contribution is 2.30. The second-order valence-electron chi connectivity index (χ2n) is 5.93. The zero-order valence-corrected chi connectivity index (χ0v) is 17.2. The number of halogens is 4. The van der Waals surface area contributed by atoms with Crippen LogP contribution in [0.3, 0.4) is 0 Å². The molecule has 0 aromatic carbocycles. The van der Waals surface area contributed by atoms with Gasteiger partial charge in [-0.05, 0) is 19.8 Å². The summed E-state index contributed by atoms with van der Waals surface area (Å²) in [7, 11) is 0. The van der Waals surface area contributed by atoms with Crippen LogP contribution in [-0.2, 0) is 12.6 Å². The highest BCUT2D eigenvalue weighted by Gasteiger charge is 2.33. The molecule has 0 atom stereocenters. The van der Waals surface area contributed by atoms with E-state index in [0.29, 0.717) is 37.0 Å². The van der Waals surface area contributed by atoms with E-state index in [0.717, 1.165) is 42.4 Å². The molecule has 144 valence electrons. The number of nitrogens with one attached hydrogen (secondary N) is 2. The molecule has 1 aromatic rings. The predicted molar refractivity (Wildman–Crippen MR) is 104 cm³/mol. The van der Waals surface area contributed by atoms with E-state index >= 15 is 0 Å². The Balaban J connectivity index is 0.00000312. The van der Waals surface area contributed by atoms with Crippen molar-refractivity contribution in [1.29, 1.82) is 0 Å². The lowest BCUT2D eigenvalue weighted by Crippen LogP contribution is -2.40. The minimum Gasteiger partial charge on any atom is -0.388 e. The summed E-state index contributed by atoms with van der Waals surface area (Å²) in [5, 5.41) is 17.9. The fourth-order valence-electron chi connectivity index (χ4n) is 2.60. The number of aliphatic imine (C=N–C) groups is 1. The molecule has 0 unspecified atom stereocenters. The zero-order chi connectivity index (χ0) is 17.6. The standard InChI is InChI=1S/C15H23F3N4OS.HI/c1-2-19-13(21-10-14(23)6-3-4-7-14)20-8-5-12-22-11(9-24-12)15(16,17)18;/h9,23H,2-8,10H2,1H3,(H2,19,20,21);1H. The van der Waals surface area contributed by atoms with Gasteiger partial charge >= 0.3 is 6.18 Å². The number of thiazole rings is 1. The maximum atomic E-state index is 12.5. The van der Waals surface area contributed by atoms with Crippen molar-refractivity contribution in [2.75, 3.05) is 19.6 Å². The monoisotopic (exact) mass is 492 g/mol. The molecule has 1 aliphatic carbocycles. The fourth-order valence-corrected chi connectivity index (χ4v) is 3.41. The van der Waals surface area contributed by atoms with Gasteiger partial charge in [-0.3, -0.25) is 4.99 Å². The molecule has 1 aromatic heterocycles. The van der Waals surface area contributed by atoms with E-state index in [4.69, 9.17) is 0 Å². The molecule has 0 amide bonds. The molecule has 2 rings (SSSR count). The summed E-state index contributed by atoms with van der Waals surface area (Å²) in [5.74, 6) is 0.561. The van der Waals surface area contributed by atoms with Crippen molar-refractivity contribution in [1.82, 2.24) is 15.6 Å². The van der Waals surface area contributed by atoms with Crippen molar-refractivity contribution in [3.63, 3.8) is 0 Å². The molecule has 1 saturated carbocycles. The van der Waals surface area contributed by atoms with Crippen LogP contribution in [-0.4, -0.2) is 41.3 Å². The third-order valence-electron chi connectivity index (χ3n) is 3.88. The first-order valence-electron chi connectivity index (χ1n) is 8.08. The van der Waals surface area contributed by atoms with Crippen molar-refractivity contribution < 1.29 is 18.3 Å². The van der Waals surface area contributed by atoms with E-state index in [9.17, 15) is 18.3 Å². The quantitative estimate of drug-likeness (QED) is 0.324. The third-order valence-corrected chi connectivity index (χ3v) is 4.79. The maximum Gasteiger partial charge on any atom is 0.434 e. The lowest BCUT2D eigenvalue weighted by atomic mass is 10.0. The molecule has 0 bridgehead atoms. The molecule has 0 saturated heterocycles. The lowest BCUT2D eigenvalue weighted by molar-refractivity contribution is -0.140. The molecule has 0 radical (unpaired) electrons. The van der Waals surface area contributed by atoms with Gasteiger partial charge in [0.25, 0.3) is 0 Å². The minimum absolute atomic E-state index is 0. The van der Waals surface area contributed by atoms with Gasteiger partial charge in [-0.1, -0.05) is 12.8 Å². The molecule has 1 fully saturated rings. The smallest absolute Gasteiger partial charge is 0.388 e. The summed E-state index contributed by atoms with van der Waals surface area (Å²) >= 11 is 1.00. The van der Waals surface area contributed by atoms with Gasteiger partial charge < -0.3 is 15.7 Å². The van der Waals surface area contributed by atoms with Crippen LogP contribution >= 0.6 is 35.3 Å². The van der Waals surface area contributed by atoms with Crippen molar-refractivity contribution in [3.8, 4) is 0 Å². The molecule has 1 aliphatic rings. The van der Waals surface area contributed by atoms with Gasteiger partial charge in [0.1, 0.15) is 0 Å². The summed E-state index contributed by atoms with van der Waals surface area (Å²) in [6, 6.07) is 0. The van der Waals surface area contributed by atoms with E-state index in [1.54, 1.807) is 0 Å². The number of nitrogens with zero attached hydrogens (tertiary/aromatic N) is 2. The van der Waals surface area contributed by atoms with Crippen LogP contribution in [0.4, 0.5) is 13.2 Å². The summed E-state index contributed by atoms with van der Waals surface area (Å²) in [4.78, 5) is 7.99. The molecule has 0 spiro atoms. The Morgan fingerprint density at radius 1 is 1.36 bits per heavy atom. The highest BCUT2D eigenvalue weighted by molar-refractivity contribution is 14.0. The van der Waals surface area contributed by atoms with Crippen LogP contribution in [0.25, 0.3) is 0 Å². The van der Waals surface area contributed by atoms with E-state index < -0.39 is 17.5 Å². The van der Waals surface area contributed by atoms with Gasteiger partial charge in [-0.2, -0.15) is 13.2 Å². The maximum absolute atomic E-state index is 12.5. The highest BCUT2D eigenvalue weighted by atomic mass is 127. The second kappa shape index (κ2) is 9.91. The Morgan fingerprint density at radius 2 is 2.04 bits per heavy atom. The van der Waals surface area contributed by atoms with Gasteiger partial charge in [-0.25, -0.2) is 4.98 Å². The zero-order valence-electron chi connectivity index (χ0n) is 14.0. The first-order chi connectivity index (χ1) is 11.3. The summed E-state index contributed by atoms with van der Waals surface area (Å²) in [6.45, 7) is 3.35. The Bertz CT molecular complexity index is 559. The first kappa shape index (κ1) is 22.4. The van der Waals surface area contributed by atoms with Gasteiger partial charge in [0, 0.05) is 24.9 Å². The van der Waals surface area contributed by atoms with Gasteiger partial charge in [-0.15, -0.1) is 35.3 Å². The number of aliphatic hydroxyl groups is 1. The Kier molecular flexibility index (Phi) is 8.89. The Morgan fingerprint density at radius 3 is 2.60 bits per heavy atom. The molecule has 0 aliphatic heterocycles. The second-order valence-corrected chi connectivity index (χ2v) is 6.87. The number of rotatable bonds is 6. The minimum atomic E-state index is -4.39. The molecule has 3 N–H and O–H groups in total. The Hall–Kier alpha value is -0.620. The number of aromatic nitrogens is 1. The summed E-state index contributed by atoms with van der Waals surface area (Å²) in [5.41, 5.74) is -1.56. The van der Waals surface area contributed by atoms with E-state index in [1.165, 1.54) is 0 Å². The van der Waals surface area contributed by atoms with Crippen LogP contribution < -0.4 is 10.6 Å². The molecule has 1 heterocycles. The van der Waals surface area contributed by atoms with Crippen LogP contribution in [0.15, 0.2) is 10.4 Å². The van der Waals surface area contributed by atoms with E-state index in [-0.39, 0.29) is 24.0 Å². The molecule has 25 heavy (non-hydrogen) atoms. The first-order valence-corrected chi connectivity index (χ1v) is 8.96. The largest absolute Gasteiger partial charge is 0.434 e. The van der Waals surface area contributed by atoms with E-state index in [1.807, 2.05) is 6.92 Å². The van der Waals surface area contributed by atoms with Gasteiger partial charge in [0.15, 0.2) is 11.7 Å². The third kappa shape index (κ3) is 7.26. The van der Waals surface area contributed by atoms with Gasteiger partial charge in [0.2, 0.25) is 0 Å². The number of hydrogen-bond acceptors (Lipinski definition) is 4. The SMILES string of the molecule is CCNC(=NCC1(O)CCCC1)NCCc1nc(C(F)(F)F)cs1.I. The van der Waals surface area contributed by atoms with Crippen LogP contribution in [0.5, 0.6) is 0 Å². The summed E-state index contributed by atoms with van der Waals surface area (Å²) in [6.07, 6.45) is -0.460. The lowest BCUT2D eigenvalue weighted by Gasteiger charge is -2.20. The number of guanidine groups is 1. The normalized spacial score (nSPS) is 17.2.